The van der Waals surface area contributed by atoms with E-state index < -0.39 is 11.5 Å². The molecule has 0 radical (unpaired) electrons. The summed E-state index contributed by atoms with van der Waals surface area (Å²) in [5, 5.41) is 9.44. The van der Waals surface area contributed by atoms with Crippen LogP contribution in [0.15, 0.2) is 83.6 Å². The number of carboxylic acid groups (broad SMARTS) is 1. The van der Waals surface area contributed by atoms with E-state index in [1.54, 1.807) is 18.4 Å². The maximum Gasteiger partial charge on any atom is 0.340 e. The third kappa shape index (κ3) is 2.76. The van der Waals surface area contributed by atoms with Crippen LogP contribution in [-0.2, 0) is 11.3 Å². The highest BCUT2D eigenvalue weighted by atomic mass is 16.4. The van der Waals surface area contributed by atoms with Crippen molar-refractivity contribution in [2.75, 3.05) is 0 Å². The second-order valence-electron chi connectivity index (χ2n) is 5.07. The molecule has 0 bridgehead atoms. The molecular formula is C18H16N2O2. The Morgan fingerprint density at radius 1 is 1.18 bits per heavy atom. The molecular weight excluding hydrogens is 276 g/mol. The average Bonchev–Trinajstić information content (AvgIpc) is 3.04. The van der Waals surface area contributed by atoms with Crippen LogP contribution in [0, 0.1) is 0 Å². The van der Waals surface area contributed by atoms with Gasteiger partial charge < -0.3 is 9.67 Å². The minimum absolute atomic E-state index is 0.705. The quantitative estimate of drug-likeness (QED) is 0.865. The standard InChI is InChI=1S/C18H16N2O2/c21-17(22)18-13-15(18)9-6-4-2-1-3-5-7-11-20-12-8-10-16(20)14-19-18/h1-10,12-14H,11H2,(H,21,22)/b3-1+,4-2+,7-5-,9-6-,19-14+/t18-/m1/s1. The van der Waals surface area contributed by atoms with Gasteiger partial charge >= 0.3 is 5.97 Å². The van der Waals surface area contributed by atoms with E-state index in [1.165, 1.54) is 0 Å². The van der Waals surface area contributed by atoms with E-state index in [9.17, 15) is 9.90 Å². The molecule has 0 unspecified atom stereocenters. The number of hydrogen-bond donors (Lipinski definition) is 1. The Labute approximate surface area is 128 Å². The lowest BCUT2D eigenvalue weighted by Gasteiger charge is -2.07. The van der Waals surface area contributed by atoms with Gasteiger partial charge in [-0.05, 0) is 23.8 Å². The lowest BCUT2D eigenvalue weighted by Crippen LogP contribution is -2.24. The van der Waals surface area contributed by atoms with Crippen molar-refractivity contribution in [1.82, 2.24) is 4.57 Å². The Bertz CT molecular complexity index is 760. The maximum atomic E-state index is 11.5. The number of nitrogens with zero attached hydrogens (tertiary/aromatic N) is 2. The molecule has 0 saturated carbocycles. The molecule has 1 aliphatic carbocycles. The number of aromatic nitrogens is 1. The molecule has 0 saturated heterocycles. The fraction of sp³-hybridized carbons (Fsp3) is 0.111. The predicted molar refractivity (Wildman–Crippen MR) is 87.0 cm³/mol. The average molecular weight is 292 g/mol. The molecule has 0 fully saturated rings. The third-order valence-electron chi connectivity index (χ3n) is 3.58. The number of allylic oxidation sites excluding steroid dienone is 7. The molecule has 0 spiro atoms. The van der Waals surface area contributed by atoms with Crippen molar-refractivity contribution < 1.29 is 9.90 Å². The van der Waals surface area contributed by atoms with Gasteiger partial charge in [0.05, 0.1) is 5.69 Å². The number of hydrogen-bond acceptors (Lipinski definition) is 2. The molecule has 0 aromatic carbocycles. The van der Waals surface area contributed by atoms with Crippen molar-refractivity contribution >= 4 is 12.2 Å². The van der Waals surface area contributed by atoms with Crippen LogP contribution in [0.2, 0.25) is 0 Å². The van der Waals surface area contributed by atoms with Gasteiger partial charge in [0.15, 0.2) is 0 Å². The van der Waals surface area contributed by atoms with E-state index in [4.69, 9.17) is 0 Å². The predicted octanol–water partition coefficient (Wildman–Crippen LogP) is 2.91. The molecule has 2 aliphatic rings. The van der Waals surface area contributed by atoms with Crippen LogP contribution in [0.25, 0.3) is 0 Å². The van der Waals surface area contributed by atoms with E-state index in [1.807, 2.05) is 65.4 Å². The van der Waals surface area contributed by atoms with Crippen molar-refractivity contribution in [2.45, 2.75) is 12.1 Å². The van der Waals surface area contributed by atoms with Crippen LogP contribution in [0.5, 0.6) is 0 Å². The number of carboxylic acids is 1. The summed E-state index contributed by atoms with van der Waals surface area (Å²) in [5.74, 6) is -0.949. The lowest BCUT2D eigenvalue weighted by atomic mass is 10.1. The molecule has 1 N–H and O–H groups in total. The Morgan fingerprint density at radius 3 is 2.77 bits per heavy atom. The minimum Gasteiger partial charge on any atom is -0.479 e. The number of aliphatic carboxylic acids is 1. The Kier molecular flexibility index (Phi) is 3.74. The highest BCUT2D eigenvalue weighted by Gasteiger charge is 2.49. The van der Waals surface area contributed by atoms with Gasteiger partial charge in [0.25, 0.3) is 0 Å². The Hall–Kier alpha value is -2.88. The highest BCUT2D eigenvalue weighted by Crippen LogP contribution is 2.39. The molecule has 4 nitrogen and oxygen atoms in total. The fourth-order valence-electron chi connectivity index (χ4n) is 2.26. The first kappa shape index (κ1) is 14.1. The SMILES string of the molecule is O=C(O)[C@@]12C=C1\C=C/C=C/C=C/C=C\Cn1cccc1/C=N/2. The second kappa shape index (κ2) is 5.85. The summed E-state index contributed by atoms with van der Waals surface area (Å²) in [6.45, 7) is 0.709. The normalized spacial score (nSPS) is 30.5. The molecule has 2 heterocycles. The maximum absolute atomic E-state index is 11.5. The van der Waals surface area contributed by atoms with E-state index in [2.05, 4.69) is 4.99 Å². The molecule has 110 valence electrons. The summed E-state index contributed by atoms with van der Waals surface area (Å²) in [6, 6.07) is 3.84. The summed E-state index contributed by atoms with van der Waals surface area (Å²) in [7, 11) is 0. The van der Waals surface area contributed by atoms with Crippen LogP contribution in [-0.4, -0.2) is 27.4 Å². The Balaban J connectivity index is 1.94. The first-order valence-electron chi connectivity index (χ1n) is 7.06. The van der Waals surface area contributed by atoms with E-state index in [0.29, 0.717) is 12.1 Å². The van der Waals surface area contributed by atoms with Crippen LogP contribution in [0.1, 0.15) is 5.69 Å². The van der Waals surface area contributed by atoms with Gasteiger partial charge in [-0.3, -0.25) is 4.99 Å². The minimum atomic E-state index is -1.20. The van der Waals surface area contributed by atoms with E-state index in [-0.39, 0.29) is 0 Å². The van der Waals surface area contributed by atoms with Gasteiger partial charge in [0.2, 0.25) is 5.54 Å². The topological polar surface area (TPSA) is 54.6 Å². The van der Waals surface area contributed by atoms with Gasteiger partial charge in [-0.15, -0.1) is 0 Å². The van der Waals surface area contributed by atoms with Gasteiger partial charge in [-0.2, -0.15) is 0 Å². The lowest BCUT2D eigenvalue weighted by molar-refractivity contribution is -0.138. The van der Waals surface area contributed by atoms with Crippen molar-refractivity contribution in [3.8, 4) is 0 Å². The van der Waals surface area contributed by atoms with E-state index in [0.717, 1.165) is 5.69 Å². The molecule has 1 atom stereocenters. The van der Waals surface area contributed by atoms with Crippen LogP contribution < -0.4 is 0 Å². The molecule has 22 heavy (non-hydrogen) atoms. The summed E-state index contributed by atoms with van der Waals surface area (Å²) >= 11 is 0. The molecule has 4 heteroatoms. The highest BCUT2D eigenvalue weighted by molar-refractivity contribution is 5.97. The van der Waals surface area contributed by atoms with E-state index >= 15 is 0 Å². The summed E-state index contributed by atoms with van der Waals surface area (Å²) in [6.07, 6.45) is 20.5. The number of carbonyl (C=O) groups is 1. The molecule has 1 aromatic heterocycles. The van der Waals surface area contributed by atoms with Crippen LogP contribution in [0.3, 0.4) is 0 Å². The van der Waals surface area contributed by atoms with Gasteiger partial charge in [0, 0.05) is 19.0 Å². The second-order valence-corrected chi connectivity index (χ2v) is 5.07. The van der Waals surface area contributed by atoms with Crippen LogP contribution in [0.4, 0.5) is 0 Å². The van der Waals surface area contributed by atoms with Crippen molar-refractivity contribution in [1.29, 1.82) is 0 Å². The number of aliphatic imine (C=N–C) groups is 1. The summed E-state index contributed by atoms with van der Waals surface area (Å²) in [5.41, 5.74) is 0.382. The fourth-order valence-corrected chi connectivity index (χ4v) is 2.26. The molecule has 1 aromatic rings. The van der Waals surface area contributed by atoms with Gasteiger partial charge in [0.1, 0.15) is 0 Å². The van der Waals surface area contributed by atoms with Crippen molar-refractivity contribution in [3.05, 3.63) is 84.3 Å². The monoisotopic (exact) mass is 292 g/mol. The number of fused-ring (bicyclic) bond motifs is 2. The molecule has 1 aliphatic heterocycles. The van der Waals surface area contributed by atoms with Crippen molar-refractivity contribution in [2.24, 2.45) is 4.99 Å². The third-order valence-corrected chi connectivity index (χ3v) is 3.58. The first-order chi connectivity index (χ1) is 10.7. The smallest absolute Gasteiger partial charge is 0.340 e. The summed E-state index contributed by atoms with van der Waals surface area (Å²) < 4.78 is 2.01. The van der Waals surface area contributed by atoms with Gasteiger partial charge in [-0.25, -0.2) is 4.79 Å². The van der Waals surface area contributed by atoms with Crippen molar-refractivity contribution in [3.63, 3.8) is 0 Å². The van der Waals surface area contributed by atoms with Crippen LogP contribution >= 0.6 is 0 Å². The largest absolute Gasteiger partial charge is 0.479 e. The Morgan fingerprint density at radius 2 is 1.95 bits per heavy atom. The molecule has 0 amide bonds. The summed E-state index contributed by atoms with van der Waals surface area (Å²) in [4.78, 5) is 15.8. The first-order valence-corrected chi connectivity index (χ1v) is 7.06. The number of rotatable bonds is 1. The van der Waals surface area contributed by atoms with Gasteiger partial charge in [-0.1, -0.05) is 48.6 Å². The zero-order chi connectivity index (χ0) is 15.4. The zero-order valence-electron chi connectivity index (χ0n) is 12.0. The molecule has 3 rings (SSSR count). The zero-order valence-corrected chi connectivity index (χ0v) is 12.0.